The van der Waals surface area contributed by atoms with E-state index in [9.17, 15) is 9.59 Å². The molecule has 1 saturated heterocycles. The third-order valence-corrected chi connectivity index (χ3v) is 4.48. The first kappa shape index (κ1) is 19.1. The number of amides is 2. The van der Waals surface area contributed by atoms with Gasteiger partial charge in [-0.2, -0.15) is 0 Å². The fraction of sp³-hybridized carbons (Fsp3) is 0.333. The molecule has 0 bridgehead atoms. The zero-order valence-corrected chi connectivity index (χ0v) is 15.3. The van der Waals surface area contributed by atoms with Crippen LogP contribution in [0.5, 0.6) is 0 Å². The Hall–Kier alpha value is -2.70. The smallest absolute Gasteiger partial charge is 0.255 e. The standard InChI is InChI=1S/C21H25N3O3/c25-20(22-11-4-12-24-13-15-27-16-14-24)18-7-9-19(10-8-18)23-21(26)17-5-2-1-3-6-17/h1-3,5-10H,4,11-16H2,(H,22,25)(H,23,26). The van der Waals surface area contributed by atoms with Crippen molar-refractivity contribution >= 4 is 17.5 Å². The van der Waals surface area contributed by atoms with Crippen molar-refractivity contribution in [3.05, 3.63) is 65.7 Å². The molecule has 2 amide bonds. The summed E-state index contributed by atoms with van der Waals surface area (Å²) in [5.41, 5.74) is 1.84. The molecule has 1 aliphatic heterocycles. The second kappa shape index (κ2) is 9.85. The lowest BCUT2D eigenvalue weighted by atomic mass is 10.1. The van der Waals surface area contributed by atoms with E-state index in [1.54, 1.807) is 36.4 Å². The second-order valence-electron chi connectivity index (χ2n) is 6.46. The summed E-state index contributed by atoms with van der Waals surface area (Å²) in [6.45, 7) is 5.12. The normalized spacial score (nSPS) is 14.5. The van der Waals surface area contributed by atoms with Crippen LogP contribution in [0.15, 0.2) is 54.6 Å². The van der Waals surface area contributed by atoms with E-state index in [2.05, 4.69) is 15.5 Å². The largest absolute Gasteiger partial charge is 0.379 e. The summed E-state index contributed by atoms with van der Waals surface area (Å²) < 4.78 is 5.32. The average molecular weight is 367 g/mol. The lowest BCUT2D eigenvalue weighted by Gasteiger charge is -2.26. The van der Waals surface area contributed by atoms with Gasteiger partial charge < -0.3 is 15.4 Å². The number of rotatable bonds is 7. The summed E-state index contributed by atoms with van der Waals surface area (Å²) in [7, 11) is 0. The van der Waals surface area contributed by atoms with Gasteiger partial charge in [0.2, 0.25) is 0 Å². The number of morpholine rings is 1. The Morgan fingerprint density at radius 3 is 2.26 bits per heavy atom. The third kappa shape index (κ3) is 5.91. The lowest BCUT2D eigenvalue weighted by molar-refractivity contribution is 0.0374. The molecule has 1 aliphatic rings. The van der Waals surface area contributed by atoms with Crippen LogP contribution < -0.4 is 10.6 Å². The maximum atomic E-state index is 12.2. The van der Waals surface area contributed by atoms with Crippen LogP contribution in [0.4, 0.5) is 5.69 Å². The van der Waals surface area contributed by atoms with E-state index in [0.717, 1.165) is 39.3 Å². The van der Waals surface area contributed by atoms with Gasteiger partial charge in [0.25, 0.3) is 11.8 Å². The van der Waals surface area contributed by atoms with E-state index in [1.165, 1.54) is 0 Å². The molecule has 1 heterocycles. The molecule has 1 fully saturated rings. The maximum Gasteiger partial charge on any atom is 0.255 e. The first-order valence-corrected chi connectivity index (χ1v) is 9.27. The number of nitrogens with zero attached hydrogens (tertiary/aromatic N) is 1. The fourth-order valence-electron chi connectivity index (χ4n) is 2.93. The van der Waals surface area contributed by atoms with Crippen LogP contribution >= 0.6 is 0 Å². The van der Waals surface area contributed by atoms with Crippen molar-refractivity contribution in [3.8, 4) is 0 Å². The number of hydrogen-bond donors (Lipinski definition) is 2. The van der Waals surface area contributed by atoms with Gasteiger partial charge in [-0.05, 0) is 49.4 Å². The van der Waals surface area contributed by atoms with Crippen molar-refractivity contribution in [1.82, 2.24) is 10.2 Å². The summed E-state index contributed by atoms with van der Waals surface area (Å²) in [6.07, 6.45) is 0.914. The van der Waals surface area contributed by atoms with Crippen LogP contribution in [0.3, 0.4) is 0 Å². The third-order valence-electron chi connectivity index (χ3n) is 4.48. The molecular weight excluding hydrogens is 342 g/mol. The zero-order chi connectivity index (χ0) is 18.9. The second-order valence-corrected chi connectivity index (χ2v) is 6.46. The summed E-state index contributed by atoms with van der Waals surface area (Å²) in [4.78, 5) is 26.7. The Bertz CT molecular complexity index is 741. The van der Waals surface area contributed by atoms with Crippen LogP contribution in [-0.4, -0.2) is 56.1 Å². The molecule has 0 aliphatic carbocycles. The molecule has 0 unspecified atom stereocenters. The predicted octanol–water partition coefficient (Wildman–Crippen LogP) is 2.39. The van der Waals surface area contributed by atoms with E-state index in [-0.39, 0.29) is 11.8 Å². The molecule has 0 saturated carbocycles. The number of nitrogens with one attached hydrogen (secondary N) is 2. The summed E-state index contributed by atoms with van der Waals surface area (Å²) >= 11 is 0. The number of benzene rings is 2. The van der Waals surface area contributed by atoms with Gasteiger partial charge >= 0.3 is 0 Å². The monoisotopic (exact) mass is 367 g/mol. The molecule has 0 spiro atoms. The molecule has 2 aromatic carbocycles. The maximum absolute atomic E-state index is 12.2. The fourth-order valence-corrected chi connectivity index (χ4v) is 2.93. The highest BCUT2D eigenvalue weighted by Crippen LogP contribution is 2.11. The van der Waals surface area contributed by atoms with Crippen molar-refractivity contribution in [2.24, 2.45) is 0 Å². The molecule has 3 rings (SSSR count). The Morgan fingerprint density at radius 1 is 0.889 bits per heavy atom. The van der Waals surface area contributed by atoms with Crippen LogP contribution in [0.25, 0.3) is 0 Å². The van der Waals surface area contributed by atoms with Crippen LogP contribution in [0, 0.1) is 0 Å². The van der Waals surface area contributed by atoms with Crippen LogP contribution in [0.1, 0.15) is 27.1 Å². The van der Waals surface area contributed by atoms with E-state index in [0.29, 0.717) is 23.4 Å². The SMILES string of the molecule is O=C(NCCCN1CCOCC1)c1ccc(NC(=O)c2ccccc2)cc1. The van der Waals surface area contributed by atoms with Crippen LogP contribution in [0.2, 0.25) is 0 Å². The quantitative estimate of drug-likeness (QED) is 0.737. The highest BCUT2D eigenvalue weighted by atomic mass is 16.5. The minimum absolute atomic E-state index is 0.0992. The number of carbonyl (C=O) groups is 2. The van der Waals surface area contributed by atoms with Crippen molar-refractivity contribution < 1.29 is 14.3 Å². The Morgan fingerprint density at radius 2 is 1.56 bits per heavy atom. The number of ether oxygens (including phenoxy) is 1. The van der Waals surface area contributed by atoms with Gasteiger partial charge in [-0.1, -0.05) is 18.2 Å². The molecule has 6 nitrogen and oxygen atoms in total. The zero-order valence-electron chi connectivity index (χ0n) is 15.3. The first-order valence-electron chi connectivity index (χ1n) is 9.27. The van der Waals surface area contributed by atoms with E-state index in [4.69, 9.17) is 4.74 Å². The Kier molecular flexibility index (Phi) is 6.96. The molecule has 0 aromatic heterocycles. The molecular formula is C21H25N3O3. The van der Waals surface area contributed by atoms with Gasteiger partial charge in [0.1, 0.15) is 0 Å². The number of carbonyl (C=O) groups excluding carboxylic acids is 2. The Balaban J connectivity index is 1.42. The molecule has 27 heavy (non-hydrogen) atoms. The molecule has 142 valence electrons. The van der Waals surface area contributed by atoms with Gasteiger partial charge in [-0.3, -0.25) is 14.5 Å². The van der Waals surface area contributed by atoms with Crippen molar-refractivity contribution in [2.45, 2.75) is 6.42 Å². The molecule has 2 aromatic rings. The minimum Gasteiger partial charge on any atom is -0.379 e. The van der Waals surface area contributed by atoms with Gasteiger partial charge in [0.05, 0.1) is 13.2 Å². The topological polar surface area (TPSA) is 70.7 Å². The van der Waals surface area contributed by atoms with E-state index >= 15 is 0 Å². The Labute approximate surface area is 159 Å². The van der Waals surface area contributed by atoms with Crippen LogP contribution in [-0.2, 0) is 4.74 Å². The highest BCUT2D eigenvalue weighted by Gasteiger charge is 2.10. The summed E-state index contributed by atoms with van der Waals surface area (Å²) in [5.74, 6) is -0.270. The first-order chi connectivity index (χ1) is 13.2. The molecule has 0 atom stereocenters. The summed E-state index contributed by atoms with van der Waals surface area (Å²) in [5, 5.41) is 5.77. The number of anilines is 1. The van der Waals surface area contributed by atoms with Gasteiger partial charge in [-0.25, -0.2) is 0 Å². The molecule has 0 radical (unpaired) electrons. The van der Waals surface area contributed by atoms with E-state index in [1.807, 2.05) is 18.2 Å². The average Bonchev–Trinajstić information content (AvgIpc) is 2.73. The minimum atomic E-state index is -0.170. The van der Waals surface area contributed by atoms with Gasteiger partial charge in [0, 0.05) is 36.4 Å². The lowest BCUT2D eigenvalue weighted by Crippen LogP contribution is -2.38. The van der Waals surface area contributed by atoms with Gasteiger partial charge in [0.15, 0.2) is 0 Å². The highest BCUT2D eigenvalue weighted by molar-refractivity contribution is 6.04. The molecule has 6 heteroatoms. The van der Waals surface area contributed by atoms with Crippen molar-refractivity contribution in [2.75, 3.05) is 44.7 Å². The van der Waals surface area contributed by atoms with Crippen molar-refractivity contribution in [3.63, 3.8) is 0 Å². The predicted molar refractivity (Wildman–Crippen MR) is 105 cm³/mol. The van der Waals surface area contributed by atoms with E-state index < -0.39 is 0 Å². The van der Waals surface area contributed by atoms with Crippen molar-refractivity contribution in [1.29, 1.82) is 0 Å². The number of hydrogen-bond acceptors (Lipinski definition) is 4. The van der Waals surface area contributed by atoms with Gasteiger partial charge in [-0.15, -0.1) is 0 Å². The molecule has 2 N–H and O–H groups in total. The summed E-state index contributed by atoms with van der Waals surface area (Å²) in [6, 6.07) is 15.9.